The SMILES string of the molecule is O=C1NCCc2[nH]c(-c3ccnc(-c4ccc(OC(=O)C(F)(F)F)c(F)c4)c3)cc21. The molecule has 1 aromatic carbocycles. The Morgan fingerprint density at radius 3 is 2.60 bits per heavy atom. The normalized spacial score (nSPS) is 13.5. The third-order valence-electron chi connectivity index (χ3n) is 4.54. The average Bonchev–Trinajstić information content (AvgIpc) is 3.15. The predicted molar refractivity (Wildman–Crippen MR) is 97.1 cm³/mol. The van der Waals surface area contributed by atoms with Crippen LogP contribution in [-0.2, 0) is 11.2 Å². The van der Waals surface area contributed by atoms with Gasteiger partial charge >= 0.3 is 12.1 Å². The Morgan fingerprint density at radius 2 is 1.90 bits per heavy atom. The van der Waals surface area contributed by atoms with Crippen molar-refractivity contribution in [3.05, 3.63) is 59.7 Å². The van der Waals surface area contributed by atoms with Crippen LogP contribution in [0, 0.1) is 5.82 Å². The number of hydrogen-bond donors (Lipinski definition) is 2. The van der Waals surface area contributed by atoms with Gasteiger partial charge in [0.1, 0.15) is 0 Å². The van der Waals surface area contributed by atoms with Gasteiger partial charge in [-0.1, -0.05) is 0 Å². The summed E-state index contributed by atoms with van der Waals surface area (Å²) in [4.78, 5) is 30.2. The summed E-state index contributed by atoms with van der Waals surface area (Å²) in [5.74, 6) is -4.64. The lowest BCUT2D eigenvalue weighted by Crippen LogP contribution is -2.31. The molecule has 2 N–H and O–H groups in total. The molecular weight excluding hydrogens is 406 g/mol. The smallest absolute Gasteiger partial charge is 0.417 e. The van der Waals surface area contributed by atoms with Crippen LogP contribution in [0.15, 0.2) is 42.6 Å². The summed E-state index contributed by atoms with van der Waals surface area (Å²) < 4.78 is 55.1. The van der Waals surface area contributed by atoms with Crippen molar-refractivity contribution in [3.8, 4) is 28.3 Å². The second-order valence-electron chi connectivity index (χ2n) is 6.54. The Kier molecular flexibility index (Phi) is 4.76. The van der Waals surface area contributed by atoms with E-state index in [9.17, 15) is 27.2 Å². The first-order valence-corrected chi connectivity index (χ1v) is 8.78. The summed E-state index contributed by atoms with van der Waals surface area (Å²) in [7, 11) is 0. The van der Waals surface area contributed by atoms with Crippen LogP contribution in [0.5, 0.6) is 5.75 Å². The molecule has 1 aliphatic heterocycles. The fraction of sp³-hybridized carbons (Fsp3) is 0.150. The molecule has 4 rings (SSSR count). The zero-order valence-electron chi connectivity index (χ0n) is 15.1. The molecule has 0 fully saturated rings. The molecule has 3 heterocycles. The highest BCUT2D eigenvalue weighted by Crippen LogP contribution is 2.30. The van der Waals surface area contributed by atoms with Crippen molar-refractivity contribution < 1.29 is 31.9 Å². The molecule has 6 nitrogen and oxygen atoms in total. The standard InChI is InChI=1S/C20H13F4N3O3/c21-13-7-10(1-2-17(13)30-19(29)20(22,23)24)15-8-11(3-5-25-15)16-9-12-14(27-16)4-6-26-18(12)28/h1-3,5,7-9,27H,4,6H2,(H,26,28). The molecule has 0 aliphatic carbocycles. The number of rotatable bonds is 3. The summed E-state index contributed by atoms with van der Waals surface area (Å²) in [6.07, 6.45) is -3.07. The van der Waals surface area contributed by atoms with E-state index in [0.717, 1.165) is 17.8 Å². The second-order valence-corrected chi connectivity index (χ2v) is 6.54. The topological polar surface area (TPSA) is 84.1 Å². The van der Waals surface area contributed by atoms with Crippen LogP contribution in [-0.4, -0.2) is 34.6 Å². The van der Waals surface area contributed by atoms with Crippen molar-refractivity contribution in [3.63, 3.8) is 0 Å². The van der Waals surface area contributed by atoms with E-state index in [1.54, 1.807) is 18.2 Å². The number of benzene rings is 1. The Labute approximate surface area is 166 Å². The van der Waals surface area contributed by atoms with E-state index in [1.807, 2.05) is 0 Å². The van der Waals surface area contributed by atoms with Gasteiger partial charge < -0.3 is 15.0 Å². The molecule has 0 saturated heterocycles. The zero-order valence-corrected chi connectivity index (χ0v) is 15.1. The number of halogens is 4. The van der Waals surface area contributed by atoms with E-state index in [0.29, 0.717) is 35.5 Å². The van der Waals surface area contributed by atoms with Crippen LogP contribution < -0.4 is 10.1 Å². The van der Waals surface area contributed by atoms with E-state index in [2.05, 4.69) is 20.0 Å². The first-order chi connectivity index (χ1) is 14.2. The highest BCUT2D eigenvalue weighted by molar-refractivity contribution is 5.97. The number of carbonyl (C=O) groups is 2. The number of amides is 1. The lowest BCUT2D eigenvalue weighted by atomic mass is 10.1. The highest BCUT2D eigenvalue weighted by atomic mass is 19.4. The summed E-state index contributed by atoms with van der Waals surface area (Å²) >= 11 is 0. The summed E-state index contributed by atoms with van der Waals surface area (Å²) in [6, 6.07) is 8.21. The van der Waals surface area contributed by atoms with Crippen LogP contribution in [0.1, 0.15) is 16.1 Å². The number of hydrogen-bond acceptors (Lipinski definition) is 4. The maximum absolute atomic E-state index is 14.2. The minimum Gasteiger partial charge on any atom is -0.417 e. The van der Waals surface area contributed by atoms with E-state index in [1.165, 1.54) is 12.3 Å². The van der Waals surface area contributed by atoms with Crippen LogP contribution in [0.4, 0.5) is 17.6 Å². The molecule has 10 heteroatoms. The van der Waals surface area contributed by atoms with Crippen LogP contribution in [0.3, 0.4) is 0 Å². The lowest BCUT2D eigenvalue weighted by Gasteiger charge is -2.11. The molecule has 0 atom stereocenters. The number of alkyl halides is 3. The van der Waals surface area contributed by atoms with Crippen LogP contribution >= 0.6 is 0 Å². The number of pyridine rings is 1. The van der Waals surface area contributed by atoms with E-state index in [4.69, 9.17) is 0 Å². The highest BCUT2D eigenvalue weighted by Gasteiger charge is 2.41. The molecule has 0 spiro atoms. The number of fused-ring (bicyclic) bond motifs is 1. The van der Waals surface area contributed by atoms with Crippen molar-refractivity contribution >= 4 is 11.9 Å². The van der Waals surface area contributed by atoms with Gasteiger partial charge in [-0.15, -0.1) is 0 Å². The molecule has 3 aromatic rings. The Balaban J connectivity index is 1.62. The zero-order chi connectivity index (χ0) is 21.5. The molecule has 0 bridgehead atoms. The number of nitrogens with one attached hydrogen (secondary N) is 2. The van der Waals surface area contributed by atoms with Gasteiger partial charge in [0.05, 0.1) is 11.3 Å². The number of esters is 1. The predicted octanol–water partition coefficient (Wildman–Crippen LogP) is 3.64. The van der Waals surface area contributed by atoms with Crippen molar-refractivity contribution in [2.75, 3.05) is 6.54 Å². The maximum atomic E-state index is 14.2. The first kappa shape index (κ1) is 19.6. The van der Waals surface area contributed by atoms with Crippen molar-refractivity contribution in [2.24, 2.45) is 0 Å². The molecule has 154 valence electrons. The fourth-order valence-corrected chi connectivity index (χ4v) is 3.11. The lowest BCUT2D eigenvalue weighted by molar-refractivity contribution is -0.189. The minimum absolute atomic E-state index is 0.168. The Bertz CT molecular complexity index is 1150. The van der Waals surface area contributed by atoms with E-state index in [-0.39, 0.29) is 11.5 Å². The number of ether oxygens (including phenoxy) is 1. The average molecular weight is 419 g/mol. The van der Waals surface area contributed by atoms with E-state index >= 15 is 0 Å². The quantitative estimate of drug-likeness (QED) is 0.386. The first-order valence-electron chi connectivity index (χ1n) is 8.78. The molecule has 0 unspecified atom stereocenters. The monoisotopic (exact) mass is 419 g/mol. The van der Waals surface area contributed by atoms with Crippen molar-refractivity contribution in [1.29, 1.82) is 0 Å². The van der Waals surface area contributed by atoms with Gasteiger partial charge in [0, 0.05) is 41.7 Å². The molecular formula is C20H13F4N3O3. The molecule has 2 aromatic heterocycles. The van der Waals surface area contributed by atoms with Gasteiger partial charge in [0.15, 0.2) is 11.6 Å². The van der Waals surface area contributed by atoms with Crippen LogP contribution in [0.25, 0.3) is 22.5 Å². The molecule has 1 amide bonds. The minimum atomic E-state index is -5.23. The molecule has 1 aliphatic rings. The summed E-state index contributed by atoms with van der Waals surface area (Å²) in [5.41, 5.74) is 3.35. The number of aromatic nitrogens is 2. The van der Waals surface area contributed by atoms with Gasteiger partial charge in [-0.05, 0) is 36.4 Å². The fourth-order valence-electron chi connectivity index (χ4n) is 3.11. The molecule has 0 saturated carbocycles. The van der Waals surface area contributed by atoms with Gasteiger partial charge in [0.2, 0.25) is 0 Å². The maximum Gasteiger partial charge on any atom is 0.491 e. The summed E-state index contributed by atoms with van der Waals surface area (Å²) in [6.45, 7) is 0.540. The van der Waals surface area contributed by atoms with Gasteiger partial charge in [0.25, 0.3) is 5.91 Å². The van der Waals surface area contributed by atoms with Crippen molar-refractivity contribution in [2.45, 2.75) is 12.6 Å². The van der Waals surface area contributed by atoms with Crippen molar-refractivity contribution in [1.82, 2.24) is 15.3 Å². The Hall–Kier alpha value is -3.69. The van der Waals surface area contributed by atoms with E-state index < -0.39 is 23.7 Å². The Morgan fingerprint density at radius 1 is 1.10 bits per heavy atom. The second kappa shape index (κ2) is 7.29. The third-order valence-corrected chi connectivity index (χ3v) is 4.54. The summed E-state index contributed by atoms with van der Waals surface area (Å²) in [5, 5.41) is 2.76. The molecule has 30 heavy (non-hydrogen) atoms. The number of H-pyrrole nitrogens is 1. The largest absolute Gasteiger partial charge is 0.491 e. The molecule has 0 radical (unpaired) electrons. The van der Waals surface area contributed by atoms with Gasteiger partial charge in [-0.25, -0.2) is 9.18 Å². The number of nitrogens with zero attached hydrogens (tertiary/aromatic N) is 1. The van der Waals surface area contributed by atoms with Gasteiger partial charge in [-0.2, -0.15) is 13.2 Å². The van der Waals surface area contributed by atoms with Gasteiger partial charge in [-0.3, -0.25) is 9.78 Å². The third kappa shape index (κ3) is 3.76. The number of aromatic amines is 1. The number of carbonyl (C=O) groups excluding carboxylic acids is 2. The van der Waals surface area contributed by atoms with Crippen LogP contribution in [0.2, 0.25) is 0 Å².